The lowest BCUT2D eigenvalue weighted by molar-refractivity contribution is -0.161. The first-order valence-electron chi connectivity index (χ1n) is 12.0. The van der Waals surface area contributed by atoms with Gasteiger partial charge in [0.05, 0.1) is 0 Å². The van der Waals surface area contributed by atoms with E-state index >= 15 is 0 Å². The predicted molar refractivity (Wildman–Crippen MR) is 130 cm³/mol. The van der Waals surface area contributed by atoms with E-state index in [0.717, 1.165) is 24.8 Å². The first kappa shape index (κ1) is 26.1. The lowest BCUT2D eigenvalue weighted by Crippen LogP contribution is -2.54. The molecule has 0 spiro atoms. The normalized spacial score (nSPS) is 22.5. The standard InChI is InChI=1S/C27H42N2O3/c1-8-20(9-2)16-23(28-19(4)30)25-22(10-3)17-24(26(31)32-27(5,6)7)29(25)18-21-14-12-11-13-15-21/h10-15,20,22-25H,3,8-9,16-18H2,1-2,4-7H3,(H,28,30)/t22-,23+,24?,25-/m1/s1. The Bertz CT molecular complexity index is 752. The van der Waals surface area contributed by atoms with Gasteiger partial charge in [-0.1, -0.05) is 63.1 Å². The summed E-state index contributed by atoms with van der Waals surface area (Å²) in [5, 5.41) is 3.23. The van der Waals surface area contributed by atoms with E-state index in [0.29, 0.717) is 18.9 Å². The van der Waals surface area contributed by atoms with Crippen molar-refractivity contribution in [1.29, 1.82) is 0 Å². The largest absolute Gasteiger partial charge is 0.459 e. The Kier molecular flexibility index (Phi) is 9.50. The van der Waals surface area contributed by atoms with Crippen LogP contribution >= 0.6 is 0 Å². The van der Waals surface area contributed by atoms with Gasteiger partial charge >= 0.3 is 5.97 Å². The SMILES string of the molecule is C=C[C@@H]1CC(C(=O)OC(C)(C)C)N(Cc2ccccc2)[C@H]1[C@H](CC(CC)CC)NC(C)=O. The minimum absolute atomic E-state index is 0.0188. The smallest absolute Gasteiger partial charge is 0.323 e. The average Bonchev–Trinajstić information content (AvgIpc) is 3.08. The number of carbonyl (C=O) groups excluding carboxylic acids is 2. The van der Waals surface area contributed by atoms with Crippen molar-refractivity contribution in [3.05, 3.63) is 48.6 Å². The van der Waals surface area contributed by atoms with Gasteiger partial charge in [-0.25, -0.2) is 0 Å². The maximum absolute atomic E-state index is 13.3. The van der Waals surface area contributed by atoms with Crippen LogP contribution in [0, 0.1) is 11.8 Å². The Balaban J connectivity index is 2.46. The van der Waals surface area contributed by atoms with Gasteiger partial charge < -0.3 is 10.1 Å². The van der Waals surface area contributed by atoms with Gasteiger partial charge in [0.15, 0.2) is 0 Å². The minimum atomic E-state index is -0.552. The molecule has 5 nitrogen and oxygen atoms in total. The van der Waals surface area contributed by atoms with Crippen molar-refractivity contribution in [2.24, 2.45) is 11.8 Å². The molecule has 1 fully saturated rings. The van der Waals surface area contributed by atoms with E-state index in [2.05, 4.69) is 42.8 Å². The summed E-state index contributed by atoms with van der Waals surface area (Å²) in [7, 11) is 0. The number of esters is 1. The van der Waals surface area contributed by atoms with Crippen molar-refractivity contribution in [2.75, 3.05) is 0 Å². The second-order valence-electron chi connectivity index (χ2n) is 10.1. The van der Waals surface area contributed by atoms with Crippen LogP contribution < -0.4 is 5.32 Å². The molecule has 2 rings (SSSR count). The number of ether oxygens (including phenoxy) is 1. The molecule has 0 aliphatic carbocycles. The minimum Gasteiger partial charge on any atom is -0.459 e. The fourth-order valence-electron chi connectivity index (χ4n) is 4.89. The number of nitrogens with one attached hydrogen (secondary N) is 1. The zero-order valence-electron chi connectivity index (χ0n) is 20.8. The molecule has 0 bridgehead atoms. The van der Waals surface area contributed by atoms with E-state index in [-0.39, 0.29) is 35.9 Å². The molecule has 1 aromatic rings. The lowest BCUT2D eigenvalue weighted by atomic mass is 9.85. The zero-order chi connectivity index (χ0) is 23.9. The van der Waals surface area contributed by atoms with E-state index in [4.69, 9.17) is 4.74 Å². The summed E-state index contributed by atoms with van der Waals surface area (Å²) in [5.74, 6) is 0.356. The summed E-state index contributed by atoms with van der Waals surface area (Å²) in [6.45, 7) is 16.4. The van der Waals surface area contributed by atoms with Gasteiger partial charge in [-0.05, 0) is 51.0 Å². The number of benzene rings is 1. The van der Waals surface area contributed by atoms with E-state index in [9.17, 15) is 9.59 Å². The van der Waals surface area contributed by atoms with Crippen LogP contribution in [0.3, 0.4) is 0 Å². The molecule has 1 unspecified atom stereocenters. The molecular formula is C27H42N2O3. The maximum atomic E-state index is 13.3. The maximum Gasteiger partial charge on any atom is 0.323 e. The quantitative estimate of drug-likeness (QED) is 0.404. The Hall–Kier alpha value is -2.14. The van der Waals surface area contributed by atoms with Crippen LogP contribution in [0.25, 0.3) is 0 Å². The number of likely N-dealkylation sites (tertiary alicyclic amines) is 1. The van der Waals surface area contributed by atoms with Crippen LogP contribution in [0.1, 0.15) is 72.8 Å². The van der Waals surface area contributed by atoms with Crippen molar-refractivity contribution in [2.45, 2.75) is 97.5 Å². The predicted octanol–water partition coefficient (Wildman–Crippen LogP) is 5.10. The summed E-state index contributed by atoms with van der Waals surface area (Å²) in [4.78, 5) is 27.7. The van der Waals surface area contributed by atoms with Crippen LogP contribution in [0.2, 0.25) is 0 Å². The van der Waals surface area contributed by atoms with Crippen LogP contribution in [-0.4, -0.2) is 40.5 Å². The molecule has 5 heteroatoms. The van der Waals surface area contributed by atoms with Gasteiger partial charge in [-0.2, -0.15) is 0 Å². The Labute approximate surface area is 194 Å². The molecule has 1 N–H and O–H groups in total. The van der Waals surface area contributed by atoms with E-state index in [1.807, 2.05) is 45.0 Å². The summed E-state index contributed by atoms with van der Waals surface area (Å²) in [5.41, 5.74) is 0.587. The Morgan fingerprint density at radius 3 is 2.34 bits per heavy atom. The zero-order valence-corrected chi connectivity index (χ0v) is 20.8. The van der Waals surface area contributed by atoms with Crippen LogP contribution in [0.5, 0.6) is 0 Å². The van der Waals surface area contributed by atoms with E-state index in [1.165, 1.54) is 0 Å². The first-order valence-corrected chi connectivity index (χ1v) is 12.0. The van der Waals surface area contributed by atoms with Crippen molar-refractivity contribution in [3.63, 3.8) is 0 Å². The summed E-state index contributed by atoms with van der Waals surface area (Å²) < 4.78 is 5.81. The van der Waals surface area contributed by atoms with E-state index in [1.54, 1.807) is 6.92 Å². The van der Waals surface area contributed by atoms with Crippen LogP contribution in [0.15, 0.2) is 43.0 Å². The van der Waals surface area contributed by atoms with Crippen molar-refractivity contribution < 1.29 is 14.3 Å². The van der Waals surface area contributed by atoms with Gasteiger partial charge in [-0.3, -0.25) is 14.5 Å². The fourth-order valence-corrected chi connectivity index (χ4v) is 4.89. The third-order valence-electron chi connectivity index (χ3n) is 6.45. The number of amides is 1. The summed E-state index contributed by atoms with van der Waals surface area (Å²) in [6.07, 6.45) is 5.61. The Morgan fingerprint density at radius 1 is 1.22 bits per heavy atom. The third-order valence-corrected chi connectivity index (χ3v) is 6.45. The number of hydrogen-bond acceptors (Lipinski definition) is 4. The number of nitrogens with zero attached hydrogens (tertiary/aromatic N) is 1. The Morgan fingerprint density at radius 2 is 1.84 bits per heavy atom. The molecule has 1 amide bonds. The molecule has 0 aromatic heterocycles. The number of rotatable bonds is 10. The van der Waals surface area contributed by atoms with Crippen molar-refractivity contribution in [1.82, 2.24) is 10.2 Å². The molecule has 0 saturated carbocycles. The second-order valence-corrected chi connectivity index (χ2v) is 10.1. The van der Waals surface area contributed by atoms with Gasteiger partial charge in [0.25, 0.3) is 0 Å². The third kappa shape index (κ3) is 7.19. The number of carbonyl (C=O) groups is 2. The molecule has 1 heterocycles. The molecule has 1 aliphatic rings. The summed E-state index contributed by atoms with van der Waals surface area (Å²) in [6, 6.07) is 9.74. The highest BCUT2D eigenvalue weighted by molar-refractivity contribution is 5.77. The second kappa shape index (κ2) is 11.6. The van der Waals surface area contributed by atoms with Gasteiger partial charge in [-0.15, -0.1) is 6.58 Å². The highest BCUT2D eigenvalue weighted by atomic mass is 16.6. The van der Waals surface area contributed by atoms with Crippen molar-refractivity contribution >= 4 is 11.9 Å². The van der Waals surface area contributed by atoms with Crippen molar-refractivity contribution in [3.8, 4) is 0 Å². The van der Waals surface area contributed by atoms with Gasteiger partial charge in [0.2, 0.25) is 5.91 Å². The van der Waals surface area contributed by atoms with Crippen LogP contribution in [-0.2, 0) is 20.9 Å². The molecule has 1 aliphatic heterocycles. The van der Waals surface area contributed by atoms with E-state index < -0.39 is 5.60 Å². The lowest BCUT2D eigenvalue weighted by Gasteiger charge is -2.38. The topological polar surface area (TPSA) is 58.6 Å². The van der Waals surface area contributed by atoms with Gasteiger partial charge in [0, 0.05) is 25.6 Å². The summed E-state index contributed by atoms with van der Waals surface area (Å²) >= 11 is 0. The molecular weight excluding hydrogens is 400 g/mol. The number of hydrogen-bond donors (Lipinski definition) is 1. The molecule has 0 radical (unpaired) electrons. The molecule has 1 aromatic carbocycles. The average molecular weight is 443 g/mol. The monoisotopic (exact) mass is 442 g/mol. The van der Waals surface area contributed by atoms with Gasteiger partial charge in [0.1, 0.15) is 11.6 Å². The first-order chi connectivity index (χ1) is 15.1. The highest BCUT2D eigenvalue weighted by Crippen LogP contribution is 2.37. The fraction of sp³-hybridized carbons (Fsp3) is 0.630. The molecule has 32 heavy (non-hydrogen) atoms. The molecule has 1 saturated heterocycles. The highest BCUT2D eigenvalue weighted by Gasteiger charge is 2.48. The van der Waals surface area contributed by atoms with Crippen LogP contribution in [0.4, 0.5) is 0 Å². The molecule has 178 valence electrons. The molecule has 4 atom stereocenters.